The highest BCUT2D eigenvalue weighted by Gasteiger charge is 2.21. The Morgan fingerprint density at radius 1 is 0.844 bits per heavy atom. The molecule has 4 aromatic rings. The first-order valence-corrected chi connectivity index (χ1v) is 12.1. The molecule has 0 spiro atoms. The molecular weight excluding hydrogens is 452 g/mol. The summed E-state index contributed by atoms with van der Waals surface area (Å²) in [6.45, 7) is 0.473. The van der Waals surface area contributed by atoms with Crippen LogP contribution in [0.3, 0.4) is 0 Å². The zero-order valence-corrected chi connectivity index (χ0v) is 19.7. The molecule has 1 N–H and O–H groups in total. The minimum Gasteiger partial charge on any atom is -0.340 e. The topological polar surface area (TPSA) is 24.4 Å². The Morgan fingerprint density at radius 2 is 1.56 bits per heavy atom. The second-order valence-electron chi connectivity index (χ2n) is 7.71. The number of nitrogens with zero attached hydrogens (tertiary/aromatic N) is 1. The van der Waals surface area contributed by atoms with Crippen LogP contribution in [0.2, 0.25) is 5.02 Å². The summed E-state index contributed by atoms with van der Waals surface area (Å²) < 4.78 is 0. The molecule has 2 nitrogen and oxygen atoms in total. The third-order valence-corrected chi connectivity index (χ3v) is 7.19. The average molecular weight is 473 g/mol. The van der Waals surface area contributed by atoms with Gasteiger partial charge in [-0.15, -0.1) is 11.3 Å². The number of anilines is 1. The molecule has 0 aliphatic carbocycles. The molecule has 3 aromatic carbocycles. The van der Waals surface area contributed by atoms with E-state index in [-0.39, 0.29) is 0 Å². The lowest BCUT2D eigenvalue weighted by Gasteiger charge is -2.07. The highest BCUT2D eigenvalue weighted by atomic mass is 35.5. The van der Waals surface area contributed by atoms with Gasteiger partial charge >= 0.3 is 0 Å². The number of halogens is 1. The van der Waals surface area contributed by atoms with Gasteiger partial charge in [-0.2, -0.15) is 0 Å². The Morgan fingerprint density at radius 3 is 2.34 bits per heavy atom. The first-order valence-electron chi connectivity index (χ1n) is 10.5. The lowest BCUT2D eigenvalue weighted by atomic mass is 10.0. The monoisotopic (exact) mass is 472 g/mol. The van der Waals surface area contributed by atoms with E-state index >= 15 is 0 Å². The fraction of sp³-hybridized carbons (Fsp3) is 0.111. The van der Waals surface area contributed by atoms with Gasteiger partial charge in [0.05, 0.1) is 12.3 Å². The second kappa shape index (κ2) is 9.37. The van der Waals surface area contributed by atoms with Gasteiger partial charge in [-0.25, -0.2) is 0 Å². The van der Waals surface area contributed by atoms with Gasteiger partial charge in [0.2, 0.25) is 0 Å². The van der Waals surface area contributed by atoms with Crippen molar-refractivity contribution in [2.45, 2.75) is 12.8 Å². The molecule has 1 aromatic heterocycles. The molecule has 5 heteroatoms. The molecule has 32 heavy (non-hydrogen) atoms. The van der Waals surface area contributed by atoms with E-state index in [1.807, 2.05) is 30.3 Å². The van der Waals surface area contributed by atoms with Crippen LogP contribution >= 0.6 is 35.2 Å². The van der Waals surface area contributed by atoms with Crippen LogP contribution in [0.15, 0.2) is 89.9 Å². The lowest BCUT2D eigenvalue weighted by Crippen LogP contribution is -2.09. The molecule has 1 aliphatic rings. The van der Waals surface area contributed by atoms with Crippen LogP contribution in [0, 0.1) is 0 Å². The molecule has 1 aliphatic heterocycles. The standard InChI is InChI=1S/C27H21ClN2S2/c28-24-9-5-4-8-22(24)26-23-16-21(32-27(23)30-25(31)17-29-26)15-12-18-10-13-20(14-11-18)19-6-2-1-3-7-19/h1-11,13-14,16H,12,15,17H2,(H,30,31). The van der Waals surface area contributed by atoms with Crippen LogP contribution in [-0.2, 0) is 12.8 Å². The number of benzene rings is 3. The molecule has 2 heterocycles. The van der Waals surface area contributed by atoms with Gasteiger partial charge in [0, 0.05) is 21.0 Å². The summed E-state index contributed by atoms with van der Waals surface area (Å²) in [5.41, 5.74) is 6.76. The normalized spacial score (nSPS) is 13.2. The molecule has 0 unspecified atom stereocenters. The minimum atomic E-state index is 0.473. The zero-order chi connectivity index (χ0) is 21.9. The number of aliphatic imine (C=N–C) groups is 1. The van der Waals surface area contributed by atoms with Gasteiger partial charge in [0.25, 0.3) is 0 Å². The lowest BCUT2D eigenvalue weighted by molar-refractivity contribution is 0.981. The quantitative estimate of drug-likeness (QED) is 0.305. The van der Waals surface area contributed by atoms with Crippen LogP contribution in [0.4, 0.5) is 5.00 Å². The third kappa shape index (κ3) is 4.53. The maximum Gasteiger partial charge on any atom is 0.103 e. The van der Waals surface area contributed by atoms with E-state index in [0.29, 0.717) is 11.6 Å². The number of rotatable bonds is 5. The van der Waals surface area contributed by atoms with E-state index in [0.717, 1.165) is 39.7 Å². The maximum absolute atomic E-state index is 6.49. The highest BCUT2D eigenvalue weighted by molar-refractivity contribution is 7.80. The molecule has 0 saturated carbocycles. The van der Waals surface area contributed by atoms with Gasteiger partial charge in [0.15, 0.2) is 0 Å². The van der Waals surface area contributed by atoms with E-state index in [9.17, 15) is 0 Å². The predicted molar refractivity (Wildman–Crippen MR) is 142 cm³/mol. The maximum atomic E-state index is 6.49. The Kier molecular flexibility index (Phi) is 6.17. The fourth-order valence-electron chi connectivity index (χ4n) is 3.88. The highest BCUT2D eigenvalue weighted by Crippen LogP contribution is 2.34. The molecule has 158 valence electrons. The molecular formula is C27H21ClN2S2. The first kappa shape index (κ1) is 21.1. The summed E-state index contributed by atoms with van der Waals surface area (Å²) in [6.07, 6.45) is 1.95. The van der Waals surface area contributed by atoms with Crippen molar-refractivity contribution in [3.8, 4) is 11.1 Å². The van der Waals surface area contributed by atoms with E-state index in [2.05, 4.69) is 59.9 Å². The summed E-state index contributed by atoms with van der Waals surface area (Å²) in [5.74, 6) is 0. The molecule has 0 saturated heterocycles. The summed E-state index contributed by atoms with van der Waals surface area (Å²) in [6, 6.07) is 29.4. The molecule has 0 radical (unpaired) electrons. The largest absolute Gasteiger partial charge is 0.340 e. The smallest absolute Gasteiger partial charge is 0.103 e. The number of thiophene rings is 1. The van der Waals surface area contributed by atoms with Gasteiger partial charge in [-0.05, 0) is 41.7 Å². The van der Waals surface area contributed by atoms with Crippen molar-refractivity contribution >= 4 is 50.9 Å². The van der Waals surface area contributed by atoms with Crippen LogP contribution in [0.1, 0.15) is 21.6 Å². The van der Waals surface area contributed by atoms with Crippen molar-refractivity contribution in [3.05, 3.63) is 112 Å². The van der Waals surface area contributed by atoms with Crippen molar-refractivity contribution in [2.24, 2.45) is 4.99 Å². The number of hydrogen-bond donors (Lipinski definition) is 1. The molecule has 5 rings (SSSR count). The van der Waals surface area contributed by atoms with Gasteiger partial charge < -0.3 is 5.32 Å². The number of aryl methyl sites for hydroxylation is 2. The fourth-order valence-corrected chi connectivity index (χ4v) is 5.42. The van der Waals surface area contributed by atoms with Crippen LogP contribution < -0.4 is 5.32 Å². The Labute approximate surface area is 202 Å². The Bertz CT molecular complexity index is 1290. The third-order valence-electron chi connectivity index (χ3n) is 5.52. The SMILES string of the molecule is S=C1CN=C(c2ccccc2Cl)c2cc(CCc3ccc(-c4ccccc4)cc3)sc2N1. The average Bonchev–Trinajstić information content (AvgIpc) is 3.15. The summed E-state index contributed by atoms with van der Waals surface area (Å²) in [7, 11) is 0. The van der Waals surface area contributed by atoms with Crippen molar-refractivity contribution in [1.82, 2.24) is 0 Å². The summed E-state index contributed by atoms with van der Waals surface area (Å²) in [4.78, 5) is 6.82. The number of fused-ring (bicyclic) bond motifs is 1. The van der Waals surface area contributed by atoms with E-state index in [4.69, 9.17) is 28.8 Å². The first-order chi connectivity index (χ1) is 15.7. The van der Waals surface area contributed by atoms with E-state index in [1.165, 1.54) is 21.6 Å². The minimum absolute atomic E-state index is 0.473. The van der Waals surface area contributed by atoms with E-state index in [1.54, 1.807) is 11.3 Å². The number of nitrogens with one attached hydrogen (secondary N) is 1. The molecule has 0 fully saturated rings. The van der Waals surface area contributed by atoms with Crippen LogP contribution in [0.25, 0.3) is 11.1 Å². The van der Waals surface area contributed by atoms with Crippen LogP contribution in [0.5, 0.6) is 0 Å². The molecule has 0 atom stereocenters. The van der Waals surface area contributed by atoms with Crippen molar-refractivity contribution in [1.29, 1.82) is 0 Å². The van der Waals surface area contributed by atoms with Gasteiger partial charge in [-0.3, -0.25) is 4.99 Å². The van der Waals surface area contributed by atoms with Crippen molar-refractivity contribution in [3.63, 3.8) is 0 Å². The van der Waals surface area contributed by atoms with Gasteiger partial charge in [-0.1, -0.05) is 96.6 Å². The Hall–Kier alpha value is -2.79. The molecule has 0 amide bonds. The number of hydrogen-bond acceptors (Lipinski definition) is 3. The van der Waals surface area contributed by atoms with Crippen LogP contribution in [-0.4, -0.2) is 17.2 Å². The summed E-state index contributed by atoms with van der Waals surface area (Å²) >= 11 is 13.7. The van der Waals surface area contributed by atoms with Gasteiger partial charge in [0.1, 0.15) is 9.99 Å². The Balaban J connectivity index is 1.36. The predicted octanol–water partition coefficient (Wildman–Crippen LogP) is 7.44. The zero-order valence-electron chi connectivity index (χ0n) is 17.3. The summed E-state index contributed by atoms with van der Waals surface area (Å²) in [5, 5.41) is 5.14. The van der Waals surface area contributed by atoms with E-state index < -0.39 is 0 Å². The molecule has 0 bridgehead atoms. The number of thiocarbonyl (C=S) groups is 1. The van der Waals surface area contributed by atoms with Crippen molar-refractivity contribution in [2.75, 3.05) is 11.9 Å². The second-order valence-corrected chi connectivity index (χ2v) is 9.75. The van der Waals surface area contributed by atoms with Crippen molar-refractivity contribution < 1.29 is 0 Å².